The molecular formula is C19H17N7O3. The summed E-state index contributed by atoms with van der Waals surface area (Å²) < 4.78 is 12.2. The Labute approximate surface area is 165 Å². The second kappa shape index (κ2) is 8.74. The van der Waals surface area contributed by atoms with E-state index in [1.54, 1.807) is 35.3 Å². The Morgan fingerprint density at radius 1 is 1.10 bits per heavy atom. The van der Waals surface area contributed by atoms with Crippen LogP contribution in [0.1, 0.15) is 0 Å². The first-order valence-electron chi connectivity index (χ1n) is 8.88. The lowest BCUT2D eigenvalue weighted by atomic mass is 10.3. The molecule has 29 heavy (non-hydrogen) atoms. The molecule has 10 heteroatoms. The first-order chi connectivity index (χ1) is 14.3. The van der Waals surface area contributed by atoms with Gasteiger partial charge in [-0.15, -0.1) is 5.10 Å². The molecule has 0 aliphatic carbocycles. The van der Waals surface area contributed by atoms with Crippen LogP contribution >= 0.6 is 0 Å². The second-order valence-electron chi connectivity index (χ2n) is 5.96. The summed E-state index contributed by atoms with van der Waals surface area (Å²) in [5, 5.41) is 14.7. The minimum atomic E-state index is -0.217. The summed E-state index contributed by atoms with van der Waals surface area (Å²) in [7, 11) is 0. The van der Waals surface area contributed by atoms with Gasteiger partial charge in [-0.25, -0.2) is 4.68 Å². The van der Waals surface area contributed by atoms with Crippen molar-refractivity contribution >= 4 is 5.91 Å². The van der Waals surface area contributed by atoms with Crippen LogP contribution in [-0.2, 0) is 11.3 Å². The van der Waals surface area contributed by atoms with E-state index in [1.807, 2.05) is 30.3 Å². The number of ether oxygens (including phenoxy) is 1. The van der Waals surface area contributed by atoms with Crippen molar-refractivity contribution in [1.29, 1.82) is 0 Å². The van der Waals surface area contributed by atoms with Gasteiger partial charge in [0, 0.05) is 12.7 Å². The monoisotopic (exact) mass is 391 g/mol. The van der Waals surface area contributed by atoms with Crippen LogP contribution < -0.4 is 10.1 Å². The summed E-state index contributed by atoms with van der Waals surface area (Å²) in [6.45, 7) is 0.763. The molecule has 4 aromatic rings. The molecule has 1 N–H and O–H groups in total. The van der Waals surface area contributed by atoms with Crippen LogP contribution in [0.15, 0.2) is 65.4 Å². The summed E-state index contributed by atoms with van der Waals surface area (Å²) in [6.07, 6.45) is 3.32. The van der Waals surface area contributed by atoms with Crippen molar-refractivity contribution in [3.8, 4) is 28.9 Å². The molecule has 0 aliphatic rings. The highest BCUT2D eigenvalue weighted by molar-refractivity contribution is 5.77. The van der Waals surface area contributed by atoms with E-state index < -0.39 is 0 Å². The number of nitrogens with one attached hydrogen (secondary N) is 1. The Hall–Kier alpha value is -4.08. The highest BCUT2D eigenvalue weighted by Gasteiger charge is 2.14. The molecule has 4 rings (SSSR count). The number of hydrogen-bond donors (Lipinski definition) is 1. The zero-order valence-electron chi connectivity index (χ0n) is 15.3. The zero-order chi connectivity index (χ0) is 19.9. The van der Waals surface area contributed by atoms with Crippen molar-refractivity contribution in [1.82, 2.24) is 35.4 Å². The van der Waals surface area contributed by atoms with E-state index in [2.05, 4.69) is 30.8 Å². The van der Waals surface area contributed by atoms with Gasteiger partial charge in [0.05, 0.1) is 12.7 Å². The van der Waals surface area contributed by atoms with Crippen molar-refractivity contribution in [3.63, 3.8) is 0 Å². The third-order valence-electron chi connectivity index (χ3n) is 3.85. The minimum absolute atomic E-state index is 0.0507. The first-order valence-corrected chi connectivity index (χ1v) is 8.88. The Kier molecular flexibility index (Phi) is 5.51. The maximum Gasteiger partial charge on any atom is 0.280 e. The molecule has 146 valence electrons. The molecule has 0 spiro atoms. The number of aromatic nitrogens is 6. The summed E-state index contributed by atoms with van der Waals surface area (Å²) in [4.78, 5) is 20.3. The Morgan fingerprint density at radius 3 is 2.79 bits per heavy atom. The van der Waals surface area contributed by atoms with Gasteiger partial charge in [-0.1, -0.05) is 34.6 Å². The molecule has 0 saturated carbocycles. The van der Waals surface area contributed by atoms with Gasteiger partial charge in [-0.05, 0) is 24.3 Å². The maximum atomic E-state index is 11.9. The number of nitrogens with zero attached hydrogens (tertiary/aromatic N) is 6. The van der Waals surface area contributed by atoms with Gasteiger partial charge < -0.3 is 14.6 Å². The van der Waals surface area contributed by atoms with E-state index in [4.69, 9.17) is 9.26 Å². The number of pyridine rings is 1. The third kappa shape index (κ3) is 4.80. The quantitative estimate of drug-likeness (QED) is 0.481. The van der Waals surface area contributed by atoms with Gasteiger partial charge in [0.15, 0.2) is 12.3 Å². The average Bonchev–Trinajstić information content (AvgIpc) is 3.43. The van der Waals surface area contributed by atoms with Crippen LogP contribution in [0.2, 0.25) is 0 Å². The number of carbonyl (C=O) groups is 1. The zero-order valence-corrected chi connectivity index (χ0v) is 15.3. The summed E-state index contributed by atoms with van der Waals surface area (Å²) in [5.41, 5.74) is 1.05. The van der Waals surface area contributed by atoms with Crippen LogP contribution in [0.3, 0.4) is 0 Å². The van der Waals surface area contributed by atoms with Gasteiger partial charge in [-0.2, -0.15) is 4.98 Å². The van der Waals surface area contributed by atoms with E-state index in [9.17, 15) is 4.79 Å². The topological polar surface area (TPSA) is 121 Å². The highest BCUT2D eigenvalue weighted by Crippen LogP contribution is 2.18. The van der Waals surface area contributed by atoms with Crippen molar-refractivity contribution in [2.75, 3.05) is 13.2 Å². The molecule has 3 heterocycles. The molecule has 0 saturated heterocycles. The van der Waals surface area contributed by atoms with Crippen LogP contribution in [0.5, 0.6) is 5.75 Å². The van der Waals surface area contributed by atoms with Crippen LogP contribution in [-0.4, -0.2) is 49.2 Å². The summed E-state index contributed by atoms with van der Waals surface area (Å²) in [5.74, 6) is 1.05. The molecule has 0 fully saturated rings. The van der Waals surface area contributed by atoms with E-state index in [0.717, 1.165) is 0 Å². The smallest absolute Gasteiger partial charge is 0.280 e. The lowest BCUT2D eigenvalue weighted by molar-refractivity contribution is -0.123. The van der Waals surface area contributed by atoms with E-state index in [1.165, 1.54) is 0 Å². The molecule has 0 atom stereocenters. The molecule has 0 unspecified atom stereocenters. The highest BCUT2D eigenvalue weighted by atomic mass is 16.5. The first kappa shape index (κ1) is 18.3. The van der Waals surface area contributed by atoms with Crippen LogP contribution in [0.25, 0.3) is 23.1 Å². The summed E-state index contributed by atoms with van der Waals surface area (Å²) in [6, 6.07) is 14.6. The van der Waals surface area contributed by atoms with Gasteiger partial charge >= 0.3 is 0 Å². The van der Waals surface area contributed by atoms with E-state index in [0.29, 0.717) is 36.1 Å². The van der Waals surface area contributed by atoms with E-state index in [-0.39, 0.29) is 18.4 Å². The summed E-state index contributed by atoms with van der Waals surface area (Å²) >= 11 is 0. The minimum Gasteiger partial charge on any atom is -0.484 e. The SMILES string of the molecule is O=C(COc1ccccc1)NCCn1cc(-c2nc(-c3ccccn3)no2)nn1. The van der Waals surface area contributed by atoms with Gasteiger partial charge in [0.25, 0.3) is 11.8 Å². The maximum absolute atomic E-state index is 11.9. The van der Waals surface area contributed by atoms with Crippen LogP contribution in [0.4, 0.5) is 0 Å². The van der Waals surface area contributed by atoms with Crippen molar-refractivity contribution in [2.24, 2.45) is 0 Å². The third-order valence-corrected chi connectivity index (χ3v) is 3.85. The number of amides is 1. The number of benzene rings is 1. The number of rotatable bonds is 8. The Bertz CT molecular complexity index is 1060. The largest absolute Gasteiger partial charge is 0.484 e. The fraction of sp³-hybridized carbons (Fsp3) is 0.158. The molecule has 0 bridgehead atoms. The molecule has 1 aromatic carbocycles. The lowest BCUT2D eigenvalue weighted by Crippen LogP contribution is -2.31. The standard InChI is InChI=1S/C19H17N7O3/c27-17(13-28-14-6-2-1-3-7-14)21-10-11-26-12-16(23-25-26)19-22-18(24-29-19)15-8-4-5-9-20-15/h1-9,12H,10-11,13H2,(H,21,27). The number of para-hydroxylation sites is 1. The van der Waals surface area contributed by atoms with Crippen molar-refractivity contribution in [2.45, 2.75) is 6.54 Å². The molecule has 10 nitrogen and oxygen atoms in total. The van der Waals surface area contributed by atoms with E-state index >= 15 is 0 Å². The predicted molar refractivity (Wildman–Crippen MR) is 101 cm³/mol. The lowest BCUT2D eigenvalue weighted by Gasteiger charge is -2.07. The van der Waals surface area contributed by atoms with Crippen molar-refractivity contribution in [3.05, 3.63) is 60.9 Å². The van der Waals surface area contributed by atoms with Crippen molar-refractivity contribution < 1.29 is 14.1 Å². The predicted octanol–water partition coefficient (Wildman–Crippen LogP) is 1.59. The molecule has 1 amide bonds. The Balaban J connectivity index is 1.26. The second-order valence-corrected chi connectivity index (χ2v) is 5.96. The number of hydrogen-bond acceptors (Lipinski definition) is 8. The molecule has 0 radical (unpaired) electrons. The normalized spacial score (nSPS) is 10.6. The van der Waals surface area contributed by atoms with Gasteiger partial charge in [0.2, 0.25) is 5.82 Å². The molecule has 0 aliphatic heterocycles. The molecular weight excluding hydrogens is 374 g/mol. The average molecular weight is 391 g/mol. The van der Waals surface area contributed by atoms with Gasteiger partial charge in [0.1, 0.15) is 11.4 Å². The Morgan fingerprint density at radius 2 is 1.97 bits per heavy atom. The molecule has 3 aromatic heterocycles. The fourth-order valence-electron chi connectivity index (χ4n) is 2.46. The fourth-order valence-corrected chi connectivity index (χ4v) is 2.46. The van der Waals surface area contributed by atoms with Gasteiger partial charge in [-0.3, -0.25) is 9.78 Å². The number of carbonyl (C=O) groups excluding carboxylic acids is 1. The van der Waals surface area contributed by atoms with Crippen LogP contribution in [0, 0.1) is 0 Å².